The van der Waals surface area contributed by atoms with Gasteiger partial charge in [-0.3, -0.25) is 9.59 Å². The number of halogens is 2. The van der Waals surface area contributed by atoms with E-state index >= 15 is 0 Å². The van der Waals surface area contributed by atoms with Crippen molar-refractivity contribution >= 4 is 11.8 Å². The van der Waals surface area contributed by atoms with Crippen LogP contribution >= 0.6 is 0 Å². The van der Waals surface area contributed by atoms with Crippen molar-refractivity contribution < 1.29 is 23.1 Å². The molecule has 31 heavy (non-hydrogen) atoms. The van der Waals surface area contributed by atoms with Gasteiger partial charge in [-0.1, -0.05) is 30.3 Å². The van der Waals surface area contributed by atoms with Crippen molar-refractivity contribution in [2.75, 3.05) is 7.05 Å². The van der Waals surface area contributed by atoms with Crippen LogP contribution in [0.4, 0.5) is 8.78 Å². The molecular formula is C24H24F2N2O3. The Hall–Kier alpha value is -2.96. The normalized spacial score (nSPS) is 29.5. The Morgan fingerprint density at radius 2 is 1.74 bits per heavy atom. The van der Waals surface area contributed by atoms with Crippen molar-refractivity contribution in [2.24, 2.45) is 11.8 Å². The van der Waals surface area contributed by atoms with Crippen LogP contribution in [0.25, 0.3) is 0 Å². The Balaban J connectivity index is 1.47. The second-order valence-electron chi connectivity index (χ2n) is 8.82. The summed E-state index contributed by atoms with van der Waals surface area (Å²) in [4.78, 5) is 25.6. The monoisotopic (exact) mass is 426 g/mol. The largest absolute Gasteiger partial charge is 0.489 e. The molecule has 7 heteroatoms. The Labute approximate surface area is 179 Å². The Morgan fingerprint density at radius 1 is 1.06 bits per heavy atom. The SMILES string of the molecule is CNC(=O)c1cc(C(=O)NC2[C@H]3CC(F)(F)C[C@@H]23)cc2c1O[C@H](C)[C@@H]2c1ccccc1. The smallest absolute Gasteiger partial charge is 0.254 e. The lowest BCUT2D eigenvalue weighted by atomic mass is 9.87. The quantitative estimate of drug-likeness (QED) is 0.783. The number of benzene rings is 2. The predicted molar refractivity (Wildman–Crippen MR) is 111 cm³/mol. The number of nitrogens with one attached hydrogen (secondary N) is 2. The van der Waals surface area contributed by atoms with E-state index < -0.39 is 5.92 Å². The van der Waals surface area contributed by atoms with Crippen LogP contribution in [-0.4, -0.2) is 36.9 Å². The molecule has 2 amide bonds. The number of carbonyl (C=O) groups is 2. The van der Waals surface area contributed by atoms with E-state index in [1.54, 1.807) is 6.07 Å². The number of amides is 2. The molecule has 2 aliphatic carbocycles. The third-order valence-electron chi connectivity index (χ3n) is 6.82. The Morgan fingerprint density at radius 3 is 2.39 bits per heavy atom. The lowest BCUT2D eigenvalue weighted by Crippen LogP contribution is -2.31. The molecule has 0 spiro atoms. The van der Waals surface area contributed by atoms with E-state index in [0.29, 0.717) is 16.9 Å². The molecule has 2 aromatic carbocycles. The zero-order valence-corrected chi connectivity index (χ0v) is 17.3. The minimum absolute atomic E-state index is 0.119. The van der Waals surface area contributed by atoms with Gasteiger partial charge >= 0.3 is 0 Å². The van der Waals surface area contributed by atoms with Crippen molar-refractivity contribution in [2.45, 2.75) is 43.8 Å². The first-order chi connectivity index (χ1) is 14.8. The van der Waals surface area contributed by atoms with Gasteiger partial charge < -0.3 is 15.4 Å². The molecule has 5 atom stereocenters. The summed E-state index contributed by atoms with van der Waals surface area (Å²) < 4.78 is 33.0. The first-order valence-corrected chi connectivity index (χ1v) is 10.6. The van der Waals surface area contributed by atoms with E-state index in [1.807, 2.05) is 37.3 Å². The van der Waals surface area contributed by atoms with Crippen LogP contribution in [0.5, 0.6) is 5.75 Å². The van der Waals surface area contributed by atoms with Crippen molar-refractivity contribution in [3.8, 4) is 5.75 Å². The van der Waals surface area contributed by atoms with Crippen LogP contribution in [0.2, 0.25) is 0 Å². The molecule has 2 aromatic rings. The van der Waals surface area contributed by atoms with Gasteiger partial charge in [-0.05, 0) is 36.5 Å². The Bertz CT molecular complexity index is 1040. The van der Waals surface area contributed by atoms with Gasteiger partial charge in [0.05, 0.1) is 5.56 Å². The number of hydrogen-bond acceptors (Lipinski definition) is 3. The standard InChI is InChI=1S/C24H24F2N2O3/c1-12-19(13-6-4-3-5-7-13)15-8-14(9-16(21(15)31-12)23(30)27-2)22(29)28-20-17-10-24(25,26)11-18(17)20/h3-9,12,17-20H,10-11H2,1-2H3,(H,27,30)(H,28,29)/t12-,17-,18+,19-,20?/m1/s1. The average Bonchev–Trinajstić information content (AvgIpc) is 3.08. The summed E-state index contributed by atoms with van der Waals surface area (Å²) in [6, 6.07) is 12.9. The van der Waals surface area contributed by atoms with Gasteiger partial charge in [-0.25, -0.2) is 8.78 Å². The Kier molecular flexibility index (Phi) is 4.53. The van der Waals surface area contributed by atoms with Crippen LogP contribution in [-0.2, 0) is 0 Å². The van der Waals surface area contributed by atoms with Gasteiger partial charge in [0.25, 0.3) is 11.8 Å². The molecule has 2 fully saturated rings. The maximum atomic E-state index is 13.5. The third-order valence-corrected chi connectivity index (χ3v) is 6.82. The molecule has 0 aromatic heterocycles. The van der Waals surface area contributed by atoms with Crippen molar-refractivity contribution in [1.82, 2.24) is 10.6 Å². The molecule has 2 saturated carbocycles. The van der Waals surface area contributed by atoms with E-state index in [1.165, 1.54) is 13.1 Å². The first-order valence-electron chi connectivity index (χ1n) is 10.6. The molecule has 5 nitrogen and oxygen atoms in total. The topological polar surface area (TPSA) is 67.4 Å². The highest BCUT2D eigenvalue weighted by atomic mass is 19.3. The van der Waals surface area contributed by atoms with E-state index in [4.69, 9.17) is 4.74 Å². The lowest BCUT2D eigenvalue weighted by Gasteiger charge is -2.16. The van der Waals surface area contributed by atoms with Crippen molar-refractivity contribution in [1.29, 1.82) is 0 Å². The molecule has 1 unspecified atom stereocenters. The zero-order valence-electron chi connectivity index (χ0n) is 17.3. The summed E-state index contributed by atoms with van der Waals surface area (Å²) in [5.41, 5.74) is 2.46. The molecule has 0 radical (unpaired) electrons. The minimum Gasteiger partial charge on any atom is -0.489 e. The number of rotatable bonds is 4. The number of carbonyl (C=O) groups excluding carboxylic acids is 2. The summed E-state index contributed by atoms with van der Waals surface area (Å²) in [6.45, 7) is 1.94. The highest BCUT2D eigenvalue weighted by Crippen LogP contribution is 2.58. The maximum Gasteiger partial charge on any atom is 0.254 e. The average molecular weight is 426 g/mol. The van der Waals surface area contributed by atoms with Gasteiger partial charge in [-0.15, -0.1) is 0 Å². The number of ether oxygens (including phenoxy) is 1. The van der Waals surface area contributed by atoms with Crippen LogP contribution in [0, 0.1) is 11.8 Å². The van der Waals surface area contributed by atoms with Crippen LogP contribution in [0.15, 0.2) is 42.5 Å². The molecule has 162 valence electrons. The first kappa shape index (κ1) is 20.0. The molecule has 3 aliphatic rings. The molecule has 0 saturated heterocycles. The molecule has 1 aliphatic heterocycles. The second-order valence-corrected chi connectivity index (χ2v) is 8.82. The van der Waals surface area contributed by atoms with E-state index in [9.17, 15) is 18.4 Å². The predicted octanol–water partition coefficient (Wildman–Crippen LogP) is 3.73. The van der Waals surface area contributed by atoms with Gasteiger partial charge in [0, 0.05) is 43.0 Å². The summed E-state index contributed by atoms with van der Waals surface area (Å²) >= 11 is 0. The van der Waals surface area contributed by atoms with Gasteiger partial charge in [0.2, 0.25) is 5.92 Å². The summed E-state index contributed by atoms with van der Waals surface area (Å²) in [6.07, 6.45) is -0.542. The van der Waals surface area contributed by atoms with Gasteiger partial charge in [-0.2, -0.15) is 0 Å². The second kappa shape index (κ2) is 7.04. The van der Waals surface area contributed by atoms with E-state index in [-0.39, 0.29) is 54.6 Å². The highest BCUT2D eigenvalue weighted by molar-refractivity contribution is 6.02. The van der Waals surface area contributed by atoms with Gasteiger partial charge in [0.15, 0.2) is 0 Å². The van der Waals surface area contributed by atoms with Gasteiger partial charge in [0.1, 0.15) is 11.9 Å². The van der Waals surface area contributed by atoms with Crippen LogP contribution in [0.3, 0.4) is 0 Å². The van der Waals surface area contributed by atoms with Crippen molar-refractivity contribution in [3.05, 3.63) is 64.7 Å². The molecule has 1 heterocycles. The number of hydrogen-bond donors (Lipinski definition) is 2. The van der Waals surface area contributed by atoms with E-state index in [2.05, 4.69) is 10.6 Å². The summed E-state index contributed by atoms with van der Waals surface area (Å²) in [7, 11) is 1.53. The summed E-state index contributed by atoms with van der Waals surface area (Å²) in [5.74, 6) is -3.25. The highest BCUT2D eigenvalue weighted by Gasteiger charge is 2.63. The van der Waals surface area contributed by atoms with Crippen LogP contribution < -0.4 is 15.4 Å². The minimum atomic E-state index is -2.62. The third kappa shape index (κ3) is 3.36. The van der Waals surface area contributed by atoms with Crippen molar-refractivity contribution in [3.63, 3.8) is 0 Å². The molecule has 2 N–H and O–H groups in total. The zero-order chi connectivity index (χ0) is 21.9. The molecule has 5 rings (SSSR count). The fourth-order valence-electron chi connectivity index (χ4n) is 5.29. The number of alkyl halides is 2. The molecule has 0 bridgehead atoms. The van der Waals surface area contributed by atoms with Crippen LogP contribution in [0.1, 0.15) is 57.5 Å². The maximum absolute atomic E-state index is 13.5. The fraction of sp³-hybridized carbons (Fsp3) is 0.417. The van der Waals surface area contributed by atoms with E-state index in [0.717, 1.165) is 11.1 Å². The molecular weight excluding hydrogens is 402 g/mol. The fourth-order valence-corrected chi connectivity index (χ4v) is 5.29. The lowest BCUT2D eigenvalue weighted by molar-refractivity contribution is -0.00623. The number of fused-ring (bicyclic) bond motifs is 2. The summed E-state index contributed by atoms with van der Waals surface area (Å²) in [5, 5.41) is 5.51.